The van der Waals surface area contributed by atoms with Gasteiger partial charge in [-0.05, 0) is 25.0 Å². The van der Waals surface area contributed by atoms with Crippen LogP contribution in [0.5, 0.6) is 0 Å². The summed E-state index contributed by atoms with van der Waals surface area (Å²) < 4.78 is 1.99. The third-order valence-corrected chi connectivity index (χ3v) is 4.46. The van der Waals surface area contributed by atoms with Crippen LogP contribution in [0.4, 0.5) is 5.82 Å². The Morgan fingerprint density at radius 1 is 1.25 bits per heavy atom. The number of aliphatic hydroxyl groups is 1. The van der Waals surface area contributed by atoms with Gasteiger partial charge in [0, 0.05) is 19.3 Å². The highest BCUT2D eigenvalue weighted by atomic mass is 16.3. The predicted molar refractivity (Wildman–Crippen MR) is 81.0 cm³/mol. The van der Waals surface area contributed by atoms with Gasteiger partial charge in [-0.3, -0.25) is 4.40 Å². The Morgan fingerprint density at radius 3 is 2.70 bits per heavy atom. The van der Waals surface area contributed by atoms with Crippen LogP contribution in [0.15, 0.2) is 24.4 Å². The van der Waals surface area contributed by atoms with E-state index in [1.54, 1.807) is 0 Å². The van der Waals surface area contributed by atoms with Crippen LogP contribution in [0, 0.1) is 0 Å². The number of hydrogen-bond acceptors (Lipinski definition) is 3. The second-order valence-corrected chi connectivity index (χ2v) is 5.73. The fourth-order valence-corrected chi connectivity index (χ4v) is 3.28. The number of hydrogen-bond donors (Lipinski definition) is 1. The second kappa shape index (κ2) is 5.83. The number of fused-ring (bicyclic) bond motifs is 1. The summed E-state index contributed by atoms with van der Waals surface area (Å²) in [6, 6.07) is 6.50. The summed E-state index contributed by atoms with van der Waals surface area (Å²) in [4.78, 5) is 7.00. The summed E-state index contributed by atoms with van der Waals surface area (Å²) in [5.74, 6) is 0.936. The van der Waals surface area contributed by atoms with E-state index in [2.05, 4.69) is 11.9 Å². The molecule has 0 radical (unpaired) electrons. The second-order valence-electron chi connectivity index (χ2n) is 5.73. The number of pyridine rings is 1. The maximum Gasteiger partial charge on any atom is 0.153 e. The van der Waals surface area contributed by atoms with Crippen molar-refractivity contribution < 1.29 is 5.11 Å². The van der Waals surface area contributed by atoms with Crippen LogP contribution in [0.25, 0.3) is 5.65 Å². The maximum atomic E-state index is 9.72. The molecule has 1 fully saturated rings. The van der Waals surface area contributed by atoms with Gasteiger partial charge in [-0.15, -0.1) is 0 Å². The molecule has 1 saturated carbocycles. The number of rotatable bonds is 3. The highest BCUT2D eigenvalue weighted by Crippen LogP contribution is 2.28. The lowest BCUT2D eigenvalue weighted by Gasteiger charge is -2.28. The minimum atomic E-state index is 0.0254. The molecule has 4 nitrogen and oxygen atoms in total. The zero-order valence-corrected chi connectivity index (χ0v) is 12.1. The molecule has 3 rings (SSSR count). The van der Waals surface area contributed by atoms with Crippen molar-refractivity contribution in [2.24, 2.45) is 0 Å². The molecule has 1 aliphatic rings. The minimum absolute atomic E-state index is 0.0254. The van der Waals surface area contributed by atoms with Crippen molar-refractivity contribution in [3.8, 4) is 0 Å². The van der Waals surface area contributed by atoms with Crippen molar-refractivity contribution in [2.45, 2.75) is 51.2 Å². The first-order valence-electron chi connectivity index (χ1n) is 7.61. The molecule has 0 amide bonds. The predicted octanol–water partition coefficient (Wildman–Crippen LogP) is 2.99. The van der Waals surface area contributed by atoms with E-state index < -0.39 is 0 Å². The maximum absolute atomic E-state index is 9.72. The molecule has 0 bridgehead atoms. The molecule has 2 aromatic heterocycles. The first-order valence-corrected chi connectivity index (χ1v) is 7.61. The van der Waals surface area contributed by atoms with Crippen LogP contribution >= 0.6 is 0 Å². The van der Waals surface area contributed by atoms with Crippen molar-refractivity contribution in [3.63, 3.8) is 0 Å². The highest BCUT2D eigenvalue weighted by molar-refractivity contribution is 5.55. The molecule has 108 valence electrons. The number of aliphatic hydroxyl groups excluding tert-OH is 1. The Hall–Kier alpha value is -1.55. The van der Waals surface area contributed by atoms with Crippen molar-refractivity contribution >= 4 is 11.5 Å². The molecular formula is C16H23N3O. The third kappa shape index (κ3) is 2.40. The van der Waals surface area contributed by atoms with E-state index in [-0.39, 0.29) is 6.61 Å². The average molecular weight is 273 g/mol. The van der Waals surface area contributed by atoms with Gasteiger partial charge in [0.1, 0.15) is 5.65 Å². The topological polar surface area (TPSA) is 40.8 Å². The summed E-state index contributed by atoms with van der Waals surface area (Å²) in [7, 11) is 2.12. The normalized spacial score (nSPS) is 17.3. The van der Waals surface area contributed by atoms with Crippen LogP contribution in [0.1, 0.15) is 44.2 Å². The molecule has 0 aliphatic heterocycles. The van der Waals surface area contributed by atoms with Gasteiger partial charge in [-0.1, -0.05) is 31.7 Å². The van der Waals surface area contributed by atoms with Gasteiger partial charge < -0.3 is 10.0 Å². The Bertz CT molecular complexity index is 570. The van der Waals surface area contributed by atoms with E-state index in [1.807, 2.05) is 28.8 Å². The number of anilines is 1. The number of nitrogens with zero attached hydrogens (tertiary/aromatic N) is 3. The molecule has 2 aromatic rings. The van der Waals surface area contributed by atoms with Gasteiger partial charge in [0.2, 0.25) is 0 Å². The van der Waals surface area contributed by atoms with E-state index in [0.29, 0.717) is 6.04 Å². The first kappa shape index (κ1) is 13.4. The van der Waals surface area contributed by atoms with Gasteiger partial charge in [0.25, 0.3) is 0 Å². The van der Waals surface area contributed by atoms with Crippen molar-refractivity contribution in [1.29, 1.82) is 0 Å². The minimum Gasteiger partial charge on any atom is -0.390 e. The molecule has 4 heteroatoms. The molecule has 0 spiro atoms. The van der Waals surface area contributed by atoms with Gasteiger partial charge in [0.15, 0.2) is 5.82 Å². The van der Waals surface area contributed by atoms with Crippen molar-refractivity contribution in [2.75, 3.05) is 11.9 Å². The van der Waals surface area contributed by atoms with E-state index in [9.17, 15) is 5.11 Å². The SMILES string of the molecule is CN(c1nc2ccccn2c1CO)C1CCCCCC1. The lowest BCUT2D eigenvalue weighted by Crippen LogP contribution is -2.32. The fraction of sp³-hybridized carbons (Fsp3) is 0.562. The Kier molecular flexibility index (Phi) is 3.92. The van der Waals surface area contributed by atoms with Crippen molar-refractivity contribution in [3.05, 3.63) is 30.1 Å². The lowest BCUT2D eigenvalue weighted by molar-refractivity contribution is 0.276. The van der Waals surface area contributed by atoms with Crippen molar-refractivity contribution in [1.82, 2.24) is 9.38 Å². The Labute approximate surface area is 120 Å². The summed E-state index contributed by atoms with van der Waals surface area (Å²) in [6.07, 6.45) is 9.74. The number of aromatic nitrogens is 2. The van der Waals surface area contributed by atoms with E-state index in [0.717, 1.165) is 17.2 Å². The molecule has 0 atom stereocenters. The van der Waals surface area contributed by atoms with Gasteiger partial charge >= 0.3 is 0 Å². The zero-order valence-electron chi connectivity index (χ0n) is 12.1. The summed E-state index contributed by atoms with van der Waals surface area (Å²) in [6.45, 7) is 0.0254. The summed E-state index contributed by atoms with van der Waals surface area (Å²) in [5.41, 5.74) is 1.80. The summed E-state index contributed by atoms with van der Waals surface area (Å²) in [5, 5.41) is 9.72. The van der Waals surface area contributed by atoms with E-state index >= 15 is 0 Å². The summed E-state index contributed by atoms with van der Waals surface area (Å²) >= 11 is 0. The quantitative estimate of drug-likeness (QED) is 0.874. The van der Waals surface area contributed by atoms with Crippen LogP contribution in [-0.4, -0.2) is 27.6 Å². The standard InChI is InChI=1S/C16H23N3O/c1-18(13-8-4-2-3-5-9-13)16-14(12-20)19-11-7-6-10-15(19)17-16/h6-7,10-11,13,20H,2-5,8-9,12H2,1H3. The highest BCUT2D eigenvalue weighted by Gasteiger charge is 2.22. The monoisotopic (exact) mass is 273 g/mol. The molecule has 1 N–H and O–H groups in total. The smallest absolute Gasteiger partial charge is 0.153 e. The molecule has 0 unspecified atom stereocenters. The van der Waals surface area contributed by atoms with E-state index in [4.69, 9.17) is 4.98 Å². The molecule has 0 saturated heterocycles. The zero-order chi connectivity index (χ0) is 13.9. The Morgan fingerprint density at radius 2 is 2.00 bits per heavy atom. The molecular weight excluding hydrogens is 250 g/mol. The van der Waals surface area contributed by atoms with Crippen LogP contribution < -0.4 is 4.90 Å². The molecule has 2 heterocycles. The first-order chi connectivity index (χ1) is 9.81. The molecule has 0 aromatic carbocycles. The molecule has 20 heavy (non-hydrogen) atoms. The van der Waals surface area contributed by atoms with Gasteiger partial charge in [0.05, 0.1) is 12.3 Å². The average Bonchev–Trinajstić information content (AvgIpc) is 2.65. The van der Waals surface area contributed by atoms with Gasteiger partial charge in [-0.2, -0.15) is 0 Å². The van der Waals surface area contributed by atoms with E-state index in [1.165, 1.54) is 38.5 Å². The number of imidazole rings is 1. The fourth-order valence-electron chi connectivity index (χ4n) is 3.28. The Balaban J connectivity index is 1.95. The van der Waals surface area contributed by atoms with Crippen LogP contribution in [0.2, 0.25) is 0 Å². The van der Waals surface area contributed by atoms with Crippen LogP contribution in [-0.2, 0) is 6.61 Å². The van der Waals surface area contributed by atoms with Crippen LogP contribution in [0.3, 0.4) is 0 Å². The largest absolute Gasteiger partial charge is 0.390 e. The third-order valence-electron chi connectivity index (χ3n) is 4.46. The lowest BCUT2D eigenvalue weighted by atomic mass is 10.1. The molecule has 1 aliphatic carbocycles. The van der Waals surface area contributed by atoms with Gasteiger partial charge in [-0.25, -0.2) is 4.98 Å².